The number of hydrogen-bond acceptors (Lipinski definition) is 0. The molecule has 2 aromatic carbocycles. The van der Waals surface area contributed by atoms with Crippen molar-refractivity contribution in [3.8, 4) is 11.1 Å². The predicted octanol–water partition coefficient (Wildman–Crippen LogP) is 3.91. The Morgan fingerprint density at radius 3 is 2.00 bits per heavy atom. The molecular weight excluding hydrogens is 220 g/mol. The summed E-state index contributed by atoms with van der Waals surface area (Å²) in [5.74, 6) is -3.61. The van der Waals surface area contributed by atoms with Crippen molar-refractivity contribution in [3.05, 3.63) is 59.7 Å². The van der Waals surface area contributed by atoms with Gasteiger partial charge < -0.3 is 0 Å². The van der Waals surface area contributed by atoms with E-state index in [1.807, 2.05) is 0 Å². The lowest BCUT2D eigenvalue weighted by Gasteiger charge is -2.04. The van der Waals surface area contributed by atoms with Gasteiger partial charge >= 0.3 is 0 Å². The van der Waals surface area contributed by atoms with Gasteiger partial charge in [0.05, 0.1) is 0 Å². The summed E-state index contributed by atoms with van der Waals surface area (Å²) in [5, 5.41) is 0. The maximum Gasteiger partial charge on any atom is 0.159 e. The molecule has 2 aromatic rings. The van der Waals surface area contributed by atoms with Crippen LogP contribution in [0.4, 0.5) is 17.6 Å². The van der Waals surface area contributed by atoms with Crippen LogP contribution >= 0.6 is 0 Å². The molecule has 82 valence electrons. The van der Waals surface area contributed by atoms with E-state index in [0.717, 1.165) is 18.2 Å². The number of benzene rings is 2. The van der Waals surface area contributed by atoms with E-state index >= 15 is 0 Å². The molecule has 0 amide bonds. The third-order valence-corrected chi connectivity index (χ3v) is 2.16. The normalized spacial score (nSPS) is 10.5. The molecule has 0 atom stereocenters. The Bertz CT molecular complexity index is 535. The van der Waals surface area contributed by atoms with E-state index in [4.69, 9.17) is 0 Å². The fourth-order valence-corrected chi connectivity index (χ4v) is 1.39. The summed E-state index contributed by atoms with van der Waals surface area (Å²) in [6.45, 7) is 0. The van der Waals surface area contributed by atoms with Crippen LogP contribution in [0, 0.1) is 23.3 Å². The maximum atomic E-state index is 13.3. The summed E-state index contributed by atoms with van der Waals surface area (Å²) in [7, 11) is 0. The molecule has 0 aliphatic heterocycles. The van der Waals surface area contributed by atoms with Crippen LogP contribution in [0.15, 0.2) is 36.4 Å². The molecule has 0 aliphatic rings. The lowest BCUT2D eigenvalue weighted by molar-refractivity contribution is 0.509. The minimum Gasteiger partial charge on any atom is -0.207 e. The topological polar surface area (TPSA) is 0 Å². The molecule has 0 N–H and O–H groups in total. The van der Waals surface area contributed by atoms with Crippen LogP contribution in [0.2, 0.25) is 0 Å². The van der Waals surface area contributed by atoms with Crippen LogP contribution < -0.4 is 0 Å². The van der Waals surface area contributed by atoms with Crippen molar-refractivity contribution >= 4 is 0 Å². The van der Waals surface area contributed by atoms with Gasteiger partial charge in [-0.2, -0.15) is 0 Å². The van der Waals surface area contributed by atoms with E-state index in [1.54, 1.807) is 0 Å². The molecule has 0 fully saturated rings. The second-order valence-electron chi connectivity index (χ2n) is 3.25. The van der Waals surface area contributed by atoms with Gasteiger partial charge in [0.25, 0.3) is 0 Å². The van der Waals surface area contributed by atoms with Crippen molar-refractivity contribution in [1.29, 1.82) is 0 Å². The molecule has 0 radical (unpaired) electrons. The van der Waals surface area contributed by atoms with E-state index in [1.165, 1.54) is 12.1 Å². The lowest BCUT2D eigenvalue weighted by Crippen LogP contribution is -1.89. The molecule has 0 aliphatic carbocycles. The zero-order chi connectivity index (χ0) is 11.7. The monoisotopic (exact) mass is 226 g/mol. The Labute approximate surface area is 89.2 Å². The van der Waals surface area contributed by atoms with Crippen LogP contribution in [0.3, 0.4) is 0 Å². The number of rotatable bonds is 1. The van der Waals surface area contributed by atoms with Crippen LogP contribution in [-0.4, -0.2) is 0 Å². The molecule has 0 unspecified atom stereocenters. The second kappa shape index (κ2) is 3.96. The van der Waals surface area contributed by atoms with Crippen LogP contribution in [0.25, 0.3) is 11.1 Å². The molecular formula is C12H6F4. The van der Waals surface area contributed by atoms with Crippen molar-refractivity contribution < 1.29 is 17.6 Å². The summed E-state index contributed by atoms with van der Waals surface area (Å²) >= 11 is 0. The van der Waals surface area contributed by atoms with E-state index in [2.05, 4.69) is 0 Å². The summed E-state index contributed by atoms with van der Waals surface area (Å²) in [5.41, 5.74) is 0.191. The highest BCUT2D eigenvalue weighted by molar-refractivity contribution is 5.64. The standard InChI is InChI=1S/C12H6F4/c13-8-2-3-9(11(15)6-8)7-1-4-10(14)12(16)5-7/h1-6H. The average Bonchev–Trinajstić information content (AvgIpc) is 2.22. The smallest absolute Gasteiger partial charge is 0.159 e. The van der Waals surface area contributed by atoms with Crippen molar-refractivity contribution in [1.82, 2.24) is 0 Å². The first kappa shape index (κ1) is 10.7. The Kier molecular flexibility index (Phi) is 2.64. The lowest BCUT2D eigenvalue weighted by atomic mass is 10.0. The summed E-state index contributed by atoms with van der Waals surface area (Å²) in [6.07, 6.45) is 0. The number of hydrogen-bond donors (Lipinski definition) is 0. The highest BCUT2D eigenvalue weighted by Crippen LogP contribution is 2.24. The minimum atomic E-state index is -1.07. The molecule has 4 heteroatoms. The molecule has 0 nitrogen and oxygen atoms in total. The highest BCUT2D eigenvalue weighted by Gasteiger charge is 2.09. The third kappa shape index (κ3) is 1.91. The van der Waals surface area contributed by atoms with Gasteiger partial charge in [-0.25, -0.2) is 17.6 Å². The largest absolute Gasteiger partial charge is 0.207 e. The first-order chi connectivity index (χ1) is 7.58. The first-order valence-electron chi connectivity index (χ1n) is 4.48. The Balaban J connectivity index is 2.54. The van der Waals surface area contributed by atoms with Gasteiger partial charge in [0, 0.05) is 11.6 Å². The van der Waals surface area contributed by atoms with E-state index in [9.17, 15) is 17.6 Å². The molecule has 0 spiro atoms. The van der Waals surface area contributed by atoms with Gasteiger partial charge in [-0.1, -0.05) is 6.07 Å². The number of halogens is 4. The Morgan fingerprint density at radius 2 is 1.38 bits per heavy atom. The van der Waals surface area contributed by atoms with Gasteiger partial charge in [-0.3, -0.25) is 0 Å². The molecule has 0 saturated carbocycles. The van der Waals surface area contributed by atoms with Gasteiger partial charge in [0.15, 0.2) is 11.6 Å². The molecule has 0 bridgehead atoms. The second-order valence-corrected chi connectivity index (χ2v) is 3.25. The van der Waals surface area contributed by atoms with Gasteiger partial charge in [0.2, 0.25) is 0 Å². The van der Waals surface area contributed by atoms with Gasteiger partial charge in [-0.05, 0) is 29.8 Å². The van der Waals surface area contributed by atoms with Crippen molar-refractivity contribution in [2.24, 2.45) is 0 Å². The van der Waals surface area contributed by atoms with E-state index in [-0.39, 0.29) is 11.1 Å². The van der Waals surface area contributed by atoms with Crippen LogP contribution in [0.5, 0.6) is 0 Å². The molecule has 16 heavy (non-hydrogen) atoms. The van der Waals surface area contributed by atoms with Crippen molar-refractivity contribution in [2.45, 2.75) is 0 Å². The molecule has 0 saturated heterocycles. The highest BCUT2D eigenvalue weighted by atomic mass is 19.2. The van der Waals surface area contributed by atoms with Crippen LogP contribution in [-0.2, 0) is 0 Å². The zero-order valence-electron chi connectivity index (χ0n) is 7.98. The third-order valence-electron chi connectivity index (χ3n) is 2.16. The van der Waals surface area contributed by atoms with Gasteiger partial charge in [-0.15, -0.1) is 0 Å². The summed E-state index contributed by atoms with van der Waals surface area (Å²) < 4.78 is 51.5. The van der Waals surface area contributed by atoms with Crippen molar-refractivity contribution in [3.63, 3.8) is 0 Å². The first-order valence-corrected chi connectivity index (χ1v) is 4.48. The minimum absolute atomic E-state index is 0.0281. The van der Waals surface area contributed by atoms with E-state index < -0.39 is 23.3 Å². The molecule has 0 aromatic heterocycles. The Hall–Kier alpha value is -1.84. The zero-order valence-corrected chi connectivity index (χ0v) is 7.98. The SMILES string of the molecule is Fc1ccc(-c2ccc(F)c(F)c2)c(F)c1. The molecule has 2 rings (SSSR count). The summed E-state index contributed by atoms with van der Waals surface area (Å²) in [6, 6.07) is 5.92. The average molecular weight is 226 g/mol. The fourth-order valence-electron chi connectivity index (χ4n) is 1.39. The molecule has 0 heterocycles. The maximum absolute atomic E-state index is 13.3. The van der Waals surface area contributed by atoms with Crippen LogP contribution in [0.1, 0.15) is 0 Å². The Morgan fingerprint density at radius 1 is 0.625 bits per heavy atom. The van der Waals surface area contributed by atoms with Gasteiger partial charge in [0.1, 0.15) is 11.6 Å². The van der Waals surface area contributed by atoms with Crippen molar-refractivity contribution in [2.75, 3.05) is 0 Å². The quantitative estimate of drug-likeness (QED) is 0.646. The fraction of sp³-hybridized carbons (Fsp3) is 0. The van der Waals surface area contributed by atoms with E-state index in [0.29, 0.717) is 6.07 Å². The summed E-state index contributed by atoms with van der Waals surface area (Å²) in [4.78, 5) is 0. The predicted molar refractivity (Wildman–Crippen MR) is 51.7 cm³/mol.